The molecule has 0 fully saturated rings. The van der Waals surface area contributed by atoms with E-state index >= 15 is 0 Å². The van der Waals surface area contributed by atoms with Gasteiger partial charge in [0.25, 0.3) is 0 Å². The van der Waals surface area contributed by atoms with E-state index in [0.717, 1.165) is 34.4 Å². The van der Waals surface area contributed by atoms with Gasteiger partial charge < -0.3 is 5.32 Å². The first-order chi connectivity index (χ1) is 13.7. The summed E-state index contributed by atoms with van der Waals surface area (Å²) >= 11 is 0. The minimum atomic E-state index is -0.236. The van der Waals surface area contributed by atoms with Gasteiger partial charge >= 0.3 is 0 Å². The van der Waals surface area contributed by atoms with Crippen LogP contribution in [0.4, 0.5) is 0 Å². The van der Waals surface area contributed by atoms with E-state index in [4.69, 9.17) is 0 Å². The Kier molecular flexibility index (Phi) is 9.41. The van der Waals surface area contributed by atoms with Gasteiger partial charge in [0.1, 0.15) is 0 Å². The number of benzene rings is 1. The number of hydrogen-bond donors (Lipinski definition) is 1. The molecule has 0 saturated heterocycles. The summed E-state index contributed by atoms with van der Waals surface area (Å²) in [6.45, 7) is 25.5. The predicted molar refractivity (Wildman–Crippen MR) is 131 cm³/mol. The van der Waals surface area contributed by atoms with E-state index in [1.807, 2.05) is 25.1 Å². The molecule has 0 heterocycles. The van der Waals surface area contributed by atoms with Crippen molar-refractivity contribution in [2.45, 2.75) is 53.5 Å². The lowest BCUT2D eigenvalue weighted by Gasteiger charge is -2.29. The molecule has 0 aliphatic carbocycles. The molecule has 0 bridgehead atoms. The fraction of sp³-hybridized carbons (Fsp3) is 0.286. The summed E-state index contributed by atoms with van der Waals surface area (Å²) in [7, 11) is 0. The van der Waals surface area contributed by atoms with E-state index in [2.05, 4.69) is 102 Å². The molecule has 1 nitrogen and oxygen atoms in total. The van der Waals surface area contributed by atoms with Gasteiger partial charge in [-0.1, -0.05) is 81.3 Å². The van der Waals surface area contributed by atoms with E-state index in [1.54, 1.807) is 0 Å². The highest BCUT2D eigenvalue weighted by Crippen LogP contribution is 2.29. The molecule has 0 aliphatic heterocycles. The van der Waals surface area contributed by atoms with Crippen LogP contribution in [0.2, 0.25) is 0 Å². The smallest absolute Gasteiger partial charge is 0.0569 e. The summed E-state index contributed by atoms with van der Waals surface area (Å²) in [4.78, 5) is 0. The van der Waals surface area contributed by atoms with Crippen molar-refractivity contribution >= 4 is 0 Å². The zero-order valence-electron chi connectivity index (χ0n) is 19.1. The first-order valence-electron chi connectivity index (χ1n) is 10.3. The Bertz CT molecular complexity index is 855. The van der Waals surface area contributed by atoms with Crippen LogP contribution in [0, 0.1) is 0 Å². The van der Waals surface area contributed by atoms with Gasteiger partial charge in [-0.3, -0.25) is 0 Å². The monoisotopic (exact) mass is 387 g/mol. The molecular weight excluding hydrogens is 350 g/mol. The molecule has 0 radical (unpaired) electrons. The van der Waals surface area contributed by atoms with Gasteiger partial charge in [0, 0.05) is 5.70 Å². The van der Waals surface area contributed by atoms with Crippen molar-refractivity contribution in [2.75, 3.05) is 0 Å². The third-order valence-electron chi connectivity index (χ3n) is 5.05. The van der Waals surface area contributed by atoms with Crippen LogP contribution in [0.5, 0.6) is 0 Å². The summed E-state index contributed by atoms with van der Waals surface area (Å²) in [5.41, 5.74) is 7.23. The summed E-state index contributed by atoms with van der Waals surface area (Å²) in [6, 6.07) is 10.4. The highest BCUT2D eigenvalue weighted by atomic mass is 15.0. The summed E-state index contributed by atoms with van der Waals surface area (Å²) in [5, 5.41) is 3.54. The van der Waals surface area contributed by atoms with E-state index < -0.39 is 0 Å². The van der Waals surface area contributed by atoms with E-state index in [9.17, 15) is 0 Å². The van der Waals surface area contributed by atoms with Crippen molar-refractivity contribution in [1.29, 1.82) is 0 Å². The molecule has 1 N–H and O–H groups in total. The molecule has 0 atom stereocenters. The maximum atomic E-state index is 4.32. The maximum absolute atomic E-state index is 4.32. The first-order valence-corrected chi connectivity index (χ1v) is 10.3. The molecule has 0 aromatic heterocycles. The molecule has 1 heteroatoms. The minimum absolute atomic E-state index is 0.236. The number of allylic oxidation sites excluding steroid dienone is 9. The van der Waals surface area contributed by atoms with Gasteiger partial charge in [0.15, 0.2) is 0 Å². The molecular formula is C28H37N. The number of hydrogen-bond acceptors (Lipinski definition) is 1. The van der Waals surface area contributed by atoms with Crippen LogP contribution >= 0.6 is 0 Å². The second-order valence-electron chi connectivity index (χ2n) is 7.70. The molecule has 0 aliphatic rings. The zero-order chi connectivity index (χ0) is 22.0. The van der Waals surface area contributed by atoms with E-state index in [0.29, 0.717) is 0 Å². The second kappa shape index (κ2) is 11.3. The van der Waals surface area contributed by atoms with Crippen molar-refractivity contribution < 1.29 is 0 Å². The van der Waals surface area contributed by atoms with Gasteiger partial charge in [0.05, 0.1) is 5.54 Å². The van der Waals surface area contributed by atoms with Crippen LogP contribution in [-0.2, 0) is 5.54 Å². The maximum Gasteiger partial charge on any atom is 0.0569 e. The van der Waals surface area contributed by atoms with Crippen molar-refractivity contribution in [2.24, 2.45) is 0 Å². The Morgan fingerprint density at radius 1 is 1.07 bits per heavy atom. The largest absolute Gasteiger partial charge is 0.376 e. The highest BCUT2D eigenvalue weighted by Gasteiger charge is 2.20. The minimum Gasteiger partial charge on any atom is -0.376 e. The fourth-order valence-corrected chi connectivity index (χ4v) is 3.16. The standard InChI is InChI=1S/C28H37N/c1-10-13-17-21(4)23(6)27(12-3)25(11-2)20-22(5)24(7)29-28(8,9)26-18-15-14-16-19-26/h10,12-20,29H,5-7,11H2,1-4,8-9H3/b13-10-,21-17-,25-20-,27-12-. The van der Waals surface area contributed by atoms with Gasteiger partial charge in [0.2, 0.25) is 0 Å². The molecule has 0 amide bonds. The van der Waals surface area contributed by atoms with Crippen molar-refractivity contribution in [1.82, 2.24) is 5.32 Å². The van der Waals surface area contributed by atoms with Gasteiger partial charge in [-0.25, -0.2) is 0 Å². The summed E-state index contributed by atoms with van der Waals surface area (Å²) < 4.78 is 0. The van der Waals surface area contributed by atoms with Crippen LogP contribution in [0.25, 0.3) is 0 Å². The average molecular weight is 388 g/mol. The molecule has 0 saturated carbocycles. The SMILES string of the molecule is C=C(/C=C(CC)\C(=C/C)C(=C)/C(C)=C\C=C/C)C(=C)NC(C)(C)c1ccccc1. The average Bonchev–Trinajstić information content (AvgIpc) is 2.71. The van der Waals surface area contributed by atoms with E-state index in [-0.39, 0.29) is 5.54 Å². The second-order valence-corrected chi connectivity index (χ2v) is 7.70. The van der Waals surface area contributed by atoms with Crippen molar-refractivity contribution in [3.05, 3.63) is 120 Å². The van der Waals surface area contributed by atoms with Crippen LogP contribution < -0.4 is 5.32 Å². The van der Waals surface area contributed by atoms with Gasteiger partial charge in [-0.15, -0.1) is 0 Å². The van der Waals surface area contributed by atoms with Crippen LogP contribution in [0.15, 0.2) is 114 Å². The topological polar surface area (TPSA) is 12.0 Å². The molecule has 1 rings (SSSR count). The van der Waals surface area contributed by atoms with E-state index in [1.165, 1.54) is 11.1 Å². The van der Waals surface area contributed by atoms with Crippen LogP contribution in [-0.4, -0.2) is 0 Å². The third-order valence-corrected chi connectivity index (χ3v) is 5.05. The predicted octanol–water partition coefficient (Wildman–Crippen LogP) is 7.94. The molecule has 1 aromatic rings. The molecule has 0 spiro atoms. The van der Waals surface area contributed by atoms with Gasteiger partial charge in [-0.05, 0) is 80.5 Å². The van der Waals surface area contributed by atoms with Gasteiger partial charge in [-0.2, -0.15) is 0 Å². The highest BCUT2D eigenvalue weighted by molar-refractivity contribution is 5.56. The molecule has 29 heavy (non-hydrogen) atoms. The summed E-state index contributed by atoms with van der Waals surface area (Å²) in [5.74, 6) is 0. The molecule has 154 valence electrons. The third kappa shape index (κ3) is 6.94. The Morgan fingerprint density at radius 2 is 1.69 bits per heavy atom. The Hall–Kier alpha value is -2.80. The number of rotatable bonds is 10. The van der Waals surface area contributed by atoms with Crippen LogP contribution in [0.1, 0.15) is 53.5 Å². The first kappa shape index (κ1) is 24.2. The normalized spacial score (nSPS) is 13.5. The lowest BCUT2D eigenvalue weighted by molar-refractivity contribution is 0.453. The van der Waals surface area contributed by atoms with Crippen LogP contribution in [0.3, 0.4) is 0 Å². The summed E-state index contributed by atoms with van der Waals surface area (Å²) in [6.07, 6.45) is 11.3. The van der Waals surface area contributed by atoms with Crippen molar-refractivity contribution in [3.8, 4) is 0 Å². The Labute approximate surface area is 178 Å². The lowest BCUT2D eigenvalue weighted by Crippen LogP contribution is -2.35. The van der Waals surface area contributed by atoms with Crippen molar-refractivity contribution in [3.63, 3.8) is 0 Å². The Balaban J connectivity index is 3.07. The molecule has 1 aromatic carbocycles. The fourth-order valence-electron chi connectivity index (χ4n) is 3.16. The lowest BCUT2D eigenvalue weighted by atomic mass is 9.90. The quantitative estimate of drug-likeness (QED) is 0.402. The number of nitrogens with one attached hydrogen (secondary N) is 1. The zero-order valence-corrected chi connectivity index (χ0v) is 19.1. The molecule has 0 unspecified atom stereocenters. The Morgan fingerprint density at radius 3 is 2.21 bits per heavy atom.